The molecule has 2 aromatic rings. The van der Waals surface area contributed by atoms with Crippen LogP contribution in [0, 0.1) is 5.92 Å². The quantitative estimate of drug-likeness (QED) is 0.799. The van der Waals surface area contributed by atoms with Gasteiger partial charge in [0.1, 0.15) is 0 Å². The van der Waals surface area contributed by atoms with Gasteiger partial charge in [-0.25, -0.2) is 0 Å². The van der Waals surface area contributed by atoms with E-state index in [9.17, 15) is 0 Å². The molecule has 1 heteroatoms. The van der Waals surface area contributed by atoms with Crippen LogP contribution in [0.5, 0.6) is 0 Å². The molecule has 90 valence electrons. The predicted molar refractivity (Wildman–Crippen MR) is 76.5 cm³/mol. The van der Waals surface area contributed by atoms with Crippen LogP contribution in [-0.2, 0) is 0 Å². The van der Waals surface area contributed by atoms with Crippen LogP contribution in [0.4, 0.5) is 5.69 Å². The Labute approximate surface area is 104 Å². The Kier molecular flexibility index (Phi) is 3.68. The van der Waals surface area contributed by atoms with Crippen molar-refractivity contribution >= 4 is 16.5 Å². The molecule has 0 amide bonds. The highest BCUT2D eigenvalue weighted by atomic mass is 14.9. The van der Waals surface area contributed by atoms with Crippen LogP contribution in [-0.4, -0.2) is 6.04 Å². The van der Waals surface area contributed by atoms with Crippen LogP contribution in [0.1, 0.15) is 27.2 Å². The molecule has 2 unspecified atom stereocenters. The fraction of sp³-hybridized carbons (Fsp3) is 0.375. The van der Waals surface area contributed by atoms with Gasteiger partial charge in [0.05, 0.1) is 0 Å². The third-order valence-electron chi connectivity index (χ3n) is 3.67. The van der Waals surface area contributed by atoms with Gasteiger partial charge < -0.3 is 5.32 Å². The van der Waals surface area contributed by atoms with Gasteiger partial charge in [0, 0.05) is 17.1 Å². The van der Waals surface area contributed by atoms with E-state index in [2.05, 4.69) is 68.6 Å². The van der Waals surface area contributed by atoms with Gasteiger partial charge in [-0.15, -0.1) is 0 Å². The second-order valence-electron chi connectivity index (χ2n) is 4.85. The Bertz CT molecular complexity index is 484. The van der Waals surface area contributed by atoms with Gasteiger partial charge in [0.25, 0.3) is 0 Å². The van der Waals surface area contributed by atoms with E-state index in [0.717, 1.165) is 0 Å². The zero-order chi connectivity index (χ0) is 12.3. The minimum absolute atomic E-state index is 0.505. The molecule has 0 bridgehead atoms. The van der Waals surface area contributed by atoms with E-state index in [1.807, 2.05) is 0 Å². The van der Waals surface area contributed by atoms with Crippen LogP contribution in [0.15, 0.2) is 42.5 Å². The van der Waals surface area contributed by atoms with Crippen molar-refractivity contribution in [2.24, 2.45) is 5.92 Å². The molecule has 0 aliphatic heterocycles. The topological polar surface area (TPSA) is 12.0 Å². The highest BCUT2D eigenvalue weighted by Crippen LogP contribution is 2.24. The average Bonchev–Trinajstić information content (AvgIpc) is 2.38. The van der Waals surface area contributed by atoms with E-state index in [1.165, 1.54) is 22.9 Å². The second-order valence-corrected chi connectivity index (χ2v) is 4.85. The molecule has 2 rings (SSSR count). The summed E-state index contributed by atoms with van der Waals surface area (Å²) in [6, 6.07) is 15.5. The summed E-state index contributed by atoms with van der Waals surface area (Å²) in [7, 11) is 0. The number of benzene rings is 2. The van der Waals surface area contributed by atoms with E-state index in [0.29, 0.717) is 12.0 Å². The maximum atomic E-state index is 3.64. The summed E-state index contributed by atoms with van der Waals surface area (Å²) in [5.41, 5.74) is 1.25. The molecule has 0 aliphatic carbocycles. The minimum atomic E-state index is 0.505. The summed E-state index contributed by atoms with van der Waals surface area (Å²) in [6.45, 7) is 6.80. The van der Waals surface area contributed by atoms with Crippen LogP contribution in [0.25, 0.3) is 10.8 Å². The first-order valence-corrected chi connectivity index (χ1v) is 6.46. The van der Waals surface area contributed by atoms with E-state index in [1.54, 1.807) is 0 Å². The largest absolute Gasteiger partial charge is 0.382 e. The third-order valence-corrected chi connectivity index (χ3v) is 3.67. The number of hydrogen-bond acceptors (Lipinski definition) is 1. The Morgan fingerprint density at radius 1 is 1.00 bits per heavy atom. The molecule has 0 radical (unpaired) electrons. The van der Waals surface area contributed by atoms with Gasteiger partial charge in [-0.2, -0.15) is 0 Å². The van der Waals surface area contributed by atoms with Crippen molar-refractivity contribution in [2.45, 2.75) is 33.2 Å². The molecular weight excluding hydrogens is 206 g/mol. The summed E-state index contributed by atoms with van der Waals surface area (Å²) in [4.78, 5) is 0. The molecule has 0 saturated carbocycles. The lowest BCUT2D eigenvalue weighted by Gasteiger charge is -2.22. The lowest BCUT2D eigenvalue weighted by Crippen LogP contribution is -2.23. The highest BCUT2D eigenvalue weighted by Gasteiger charge is 2.10. The summed E-state index contributed by atoms with van der Waals surface area (Å²) in [6.07, 6.45) is 1.21. The van der Waals surface area contributed by atoms with E-state index in [-0.39, 0.29) is 0 Å². The van der Waals surface area contributed by atoms with Crippen LogP contribution in [0.2, 0.25) is 0 Å². The fourth-order valence-corrected chi connectivity index (χ4v) is 2.09. The molecule has 2 atom stereocenters. The monoisotopic (exact) mass is 227 g/mol. The summed E-state index contributed by atoms with van der Waals surface area (Å²) >= 11 is 0. The number of rotatable bonds is 4. The van der Waals surface area contributed by atoms with Gasteiger partial charge in [0.2, 0.25) is 0 Å². The number of anilines is 1. The lowest BCUT2D eigenvalue weighted by molar-refractivity contribution is 0.495. The molecule has 0 saturated heterocycles. The van der Waals surface area contributed by atoms with Crippen LogP contribution >= 0.6 is 0 Å². The van der Waals surface area contributed by atoms with Crippen molar-refractivity contribution in [1.82, 2.24) is 0 Å². The number of hydrogen-bond donors (Lipinski definition) is 1. The molecule has 2 aromatic carbocycles. The first-order valence-electron chi connectivity index (χ1n) is 6.46. The molecule has 0 spiro atoms. The number of nitrogens with one attached hydrogen (secondary N) is 1. The summed E-state index contributed by atoms with van der Waals surface area (Å²) in [5, 5.41) is 6.25. The molecule has 0 heterocycles. The van der Waals surface area contributed by atoms with Crippen molar-refractivity contribution in [3.8, 4) is 0 Å². The maximum absolute atomic E-state index is 3.64. The Morgan fingerprint density at radius 2 is 1.71 bits per heavy atom. The molecule has 17 heavy (non-hydrogen) atoms. The van der Waals surface area contributed by atoms with Crippen molar-refractivity contribution in [3.05, 3.63) is 42.5 Å². The standard InChI is InChI=1S/C16H21N/c1-4-12(2)13(3)17-16-11-7-9-14-8-5-6-10-15(14)16/h5-13,17H,4H2,1-3H3. The van der Waals surface area contributed by atoms with Gasteiger partial charge in [-0.3, -0.25) is 0 Å². The lowest BCUT2D eigenvalue weighted by atomic mass is 10.00. The Hall–Kier alpha value is -1.50. The predicted octanol–water partition coefficient (Wildman–Crippen LogP) is 4.69. The zero-order valence-electron chi connectivity index (χ0n) is 10.9. The van der Waals surface area contributed by atoms with Gasteiger partial charge >= 0.3 is 0 Å². The van der Waals surface area contributed by atoms with Crippen LogP contribution < -0.4 is 5.32 Å². The van der Waals surface area contributed by atoms with Crippen molar-refractivity contribution in [2.75, 3.05) is 5.32 Å². The fourth-order valence-electron chi connectivity index (χ4n) is 2.09. The molecule has 0 aliphatic rings. The number of fused-ring (bicyclic) bond motifs is 1. The maximum Gasteiger partial charge on any atom is 0.0422 e. The molecule has 0 aromatic heterocycles. The smallest absolute Gasteiger partial charge is 0.0422 e. The first kappa shape index (κ1) is 12.0. The SMILES string of the molecule is CCC(C)C(C)Nc1cccc2ccccc12. The third kappa shape index (κ3) is 2.60. The van der Waals surface area contributed by atoms with Gasteiger partial charge in [-0.1, -0.05) is 56.7 Å². The van der Waals surface area contributed by atoms with Gasteiger partial charge in [0.15, 0.2) is 0 Å². The van der Waals surface area contributed by atoms with E-state index in [4.69, 9.17) is 0 Å². The van der Waals surface area contributed by atoms with Crippen molar-refractivity contribution < 1.29 is 0 Å². The normalized spacial score (nSPS) is 14.5. The summed E-state index contributed by atoms with van der Waals surface area (Å²) in [5.74, 6) is 0.689. The Morgan fingerprint density at radius 3 is 2.47 bits per heavy atom. The molecule has 1 nitrogen and oxygen atoms in total. The second kappa shape index (κ2) is 5.22. The average molecular weight is 227 g/mol. The molecule has 0 fully saturated rings. The minimum Gasteiger partial charge on any atom is -0.382 e. The Balaban J connectivity index is 2.30. The van der Waals surface area contributed by atoms with Crippen molar-refractivity contribution in [1.29, 1.82) is 0 Å². The van der Waals surface area contributed by atoms with Crippen LogP contribution in [0.3, 0.4) is 0 Å². The first-order chi connectivity index (χ1) is 8.22. The molecular formula is C16H21N. The highest BCUT2D eigenvalue weighted by molar-refractivity contribution is 5.93. The van der Waals surface area contributed by atoms with Crippen molar-refractivity contribution in [3.63, 3.8) is 0 Å². The summed E-state index contributed by atoms with van der Waals surface area (Å²) < 4.78 is 0. The van der Waals surface area contributed by atoms with E-state index < -0.39 is 0 Å². The van der Waals surface area contributed by atoms with Gasteiger partial charge in [-0.05, 0) is 24.3 Å². The molecule has 1 N–H and O–H groups in total. The zero-order valence-corrected chi connectivity index (χ0v) is 10.9. The van der Waals surface area contributed by atoms with E-state index >= 15 is 0 Å².